The lowest BCUT2D eigenvalue weighted by molar-refractivity contribution is 0.355. The van der Waals surface area contributed by atoms with Crippen molar-refractivity contribution in [3.8, 4) is 28.3 Å². The molecule has 3 aromatic carbocycles. The van der Waals surface area contributed by atoms with Crippen LogP contribution >= 0.6 is 0 Å². The number of ether oxygens (including phenoxy) is 2. The Bertz CT molecular complexity index is 1310. The maximum absolute atomic E-state index is 13.0. The molecule has 0 aliphatic heterocycles. The van der Waals surface area contributed by atoms with E-state index in [9.17, 15) is 4.79 Å². The van der Waals surface area contributed by atoms with E-state index < -0.39 is 0 Å². The van der Waals surface area contributed by atoms with E-state index in [1.807, 2.05) is 103 Å². The molecule has 160 valence electrons. The second-order valence-electron chi connectivity index (χ2n) is 7.22. The van der Waals surface area contributed by atoms with Crippen molar-refractivity contribution in [2.24, 2.45) is 0 Å². The third-order valence-corrected chi connectivity index (χ3v) is 5.27. The van der Waals surface area contributed by atoms with E-state index in [4.69, 9.17) is 9.47 Å². The highest BCUT2D eigenvalue weighted by Gasteiger charge is 2.15. The first kappa shape index (κ1) is 21.1. The summed E-state index contributed by atoms with van der Waals surface area (Å²) in [5.41, 5.74) is 3.85. The molecule has 0 N–H and O–H groups in total. The van der Waals surface area contributed by atoms with Crippen LogP contribution in [0.5, 0.6) is 11.5 Å². The number of hydrogen-bond donors (Lipinski definition) is 0. The molecule has 4 aromatic rings. The number of rotatable bonds is 6. The molecule has 0 fully saturated rings. The normalized spacial score (nSPS) is 11.0. The molecule has 5 nitrogen and oxygen atoms in total. The van der Waals surface area contributed by atoms with Gasteiger partial charge < -0.3 is 9.47 Å². The lowest BCUT2D eigenvalue weighted by Crippen LogP contribution is -2.20. The Morgan fingerprint density at radius 1 is 0.812 bits per heavy atom. The second kappa shape index (κ2) is 9.35. The summed E-state index contributed by atoms with van der Waals surface area (Å²) >= 11 is 0. The molecule has 0 atom stereocenters. The van der Waals surface area contributed by atoms with E-state index in [1.54, 1.807) is 14.2 Å². The predicted octanol–water partition coefficient (Wildman–Crippen LogP) is 5.40. The topological polar surface area (TPSA) is 53.3 Å². The Kier molecular flexibility index (Phi) is 6.17. The summed E-state index contributed by atoms with van der Waals surface area (Å²) in [5, 5.41) is 0. The molecule has 1 heterocycles. The molecule has 0 radical (unpaired) electrons. The van der Waals surface area contributed by atoms with Crippen molar-refractivity contribution in [2.45, 2.75) is 6.92 Å². The highest BCUT2D eigenvalue weighted by molar-refractivity contribution is 5.72. The van der Waals surface area contributed by atoms with Gasteiger partial charge in [-0.2, -0.15) is 4.98 Å². The van der Waals surface area contributed by atoms with Crippen molar-refractivity contribution < 1.29 is 9.47 Å². The highest BCUT2D eigenvalue weighted by atomic mass is 16.5. The number of nitrogens with zero attached hydrogens (tertiary/aromatic N) is 2. The number of hydrogen-bond acceptors (Lipinski definition) is 4. The van der Waals surface area contributed by atoms with Crippen LogP contribution in [0.2, 0.25) is 0 Å². The predicted molar refractivity (Wildman–Crippen MR) is 128 cm³/mol. The molecule has 0 amide bonds. The zero-order chi connectivity index (χ0) is 22.5. The average molecular weight is 425 g/mol. The first-order chi connectivity index (χ1) is 15.6. The summed E-state index contributed by atoms with van der Waals surface area (Å²) in [6.45, 7) is 1.95. The summed E-state index contributed by atoms with van der Waals surface area (Å²) in [5.74, 6) is 1.85. The zero-order valence-electron chi connectivity index (χ0n) is 18.3. The van der Waals surface area contributed by atoms with E-state index >= 15 is 0 Å². The van der Waals surface area contributed by atoms with E-state index in [0.29, 0.717) is 22.9 Å². The maximum Gasteiger partial charge on any atom is 0.281 e. The highest BCUT2D eigenvalue weighted by Crippen LogP contribution is 2.29. The third-order valence-electron chi connectivity index (χ3n) is 5.27. The Morgan fingerprint density at radius 2 is 1.47 bits per heavy atom. The van der Waals surface area contributed by atoms with Crippen LogP contribution in [0.25, 0.3) is 29.0 Å². The maximum atomic E-state index is 13.0. The first-order valence-corrected chi connectivity index (χ1v) is 10.3. The van der Waals surface area contributed by atoms with Crippen molar-refractivity contribution in [2.75, 3.05) is 14.2 Å². The number of para-hydroxylation sites is 1. The summed E-state index contributed by atoms with van der Waals surface area (Å²) < 4.78 is 12.7. The van der Waals surface area contributed by atoms with Gasteiger partial charge in [0, 0.05) is 11.4 Å². The molecule has 0 bridgehead atoms. The Hall–Kier alpha value is -4.12. The van der Waals surface area contributed by atoms with Gasteiger partial charge in [-0.05, 0) is 48.4 Å². The minimum absolute atomic E-state index is 0.257. The van der Waals surface area contributed by atoms with Crippen LogP contribution in [0.15, 0.2) is 83.7 Å². The van der Waals surface area contributed by atoms with E-state index in [2.05, 4.69) is 4.98 Å². The van der Waals surface area contributed by atoms with Crippen LogP contribution in [0, 0.1) is 6.92 Å². The summed E-state index contributed by atoms with van der Waals surface area (Å²) in [6, 6.07) is 25.2. The molecule has 0 saturated heterocycles. The molecule has 32 heavy (non-hydrogen) atoms. The second-order valence-corrected chi connectivity index (χ2v) is 7.22. The van der Waals surface area contributed by atoms with Crippen LogP contribution in [0.3, 0.4) is 0 Å². The van der Waals surface area contributed by atoms with Crippen molar-refractivity contribution >= 4 is 12.2 Å². The van der Waals surface area contributed by atoms with Crippen molar-refractivity contribution in [3.05, 3.63) is 106 Å². The standard InChI is InChI=1S/C27H24N2O3/c1-19-26(21-10-6-4-7-11-21)27(30)28-25(29(19)22-12-8-5-9-13-22)17-15-20-14-16-23(31-2)24(18-20)32-3/h4-18H,1-3H3/b17-15+. The molecule has 4 rings (SSSR count). The lowest BCUT2D eigenvalue weighted by Gasteiger charge is -2.17. The molecular weight excluding hydrogens is 400 g/mol. The van der Waals surface area contributed by atoms with Gasteiger partial charge in [0.2, 0.25) is 0 Å². The largest absolute Gasteiger partial charge is 0.493 e. The van der Waals surface area contributed by atoms with Gasteiger partial charge in [0.1, 0.15) is 5.82 Å². The smallest absolute Gasteiger partial charge is 0.281 e. The fourth-order valence-corrected chi connectivity index (χ4v) is 3.73. The molecule has 0 unspecified atom stereocenters. The van der Waals surface area contributed by atoms with Crippen molar-refractivity contribution in [3.63, 3.8) is 0 Å². The van der Waals surface area contributed by atoms with E-state index in [-0.39, 0.29) is 5.56 Å². The molecule has 0 spiro atoms. The Balaban J connectivity index is 1.87. The van der Waals surface area contributed by atoms with Crippen molar-refractivity contribution in [1.82, 2.24) is 9.55 Å². The van der Waals surface area contributed by atoms with Gasteiger partial charge >= 0.3 is 0 Å². The molecule has 0 aliphatic carbocycles. The van der Waals surface area contributed by atoms with Gasteiger partial charge in [0.15, 0.2) is 11.5 Å². The summed E-state index contributed by atoms with van der Waals surface area (Å²) in [6.07, 6.45) is 3.75. The fraction of sp³-hybridized carbons (Fsp3) is 0.111. The number of benzene rings is 3. The molecule has 0 saturated carbocycles. The first-order valence-electron chi connectivity index (χ1n) is 10.3. The van der Waals surface area contributed by atoms with Crippen molar-refractivity contribution in [1.29, 1.82) is 0 Å². The van der Waals surface area contributed by atoms with Gasteiger partial charge in [-0.3, -0.25) is 9.36 Å². The molecule has 5 heteroatoms. The average Bonchev–Trinajstić information content (AvgIpc) is 2.83. The van der Waals surface area contributed by atoms with Crippen LogP contribution in [-0.2, 0) is 0 Å². The Labute approximate surface area is 187 Å². The summed E-state index contributed by atoms with van der Waals surface area (Å²) in [4.78, 5) is 17.5. The molecule has 1 aromatic heterocycles. The fourth-order valence-electron chi connectivity index (χ4n) is 3.73. The van der Waals surface area contributed by atoms with Gasteiger partial charge in [-0.25, -0.2) is 0 Å². The quantitative estimate of drug-likeness (QED) is 0.416. The van der Waals surface area contributed by atoms with Crippen LogP contribution < -0.4 is 15.0 Å². The number of methoxy groups -OCH3 is 2. The minimum Gasteiger partial charge on any atom is -0.493 e. The SMILES string of the molecule is COc1ccc(/C=C/c2nc(=O)c(-c3ccccc3)c(C)n2-c2ccccc2)cc1OC. The molecule has 0 aliphatic rings. The minimum atomic E-state index is -0.257. The van der Waals surface area contributed by atoms with Crippen LogP contribution in [-0.4, -0.2) is 23.8 Å². The van der Waals surface area contributed by atoms with E-state index in [0.717, 1.165) is 22.5 Å². The van der Waals surface area contributed by atoms with Gasteiger partial charge in [0.05, 0.1) is 19.8 Å². The van der Waals surface area contributed by atoms with Crippen LogP contribution in [0.1, 0.15) is 17.1 Å². The van der Waals surface area contributed by atoms with Gasteiger partial charge in [-0.1, -0.05) is 60.7 Å². The monoisotopic (exact) mass is 424 g/mol. The summed E-state index contributed by atoms with van der Waals surface area (Å²) in [7, 11) is 3.21. The third kappa shape index (κ3) is 4.18. The Morgan fingerprint density at radius 3 is 2.12 bits per heavy atom. The molecular formula is C27H24N2O3. The zero-order valence-corrected chi connectivity index (χ0v) is 18.3. The van der Waals surface area contributed by atoms with Gasteiger partial charge in [-0.15, -0.1) is 0 Å². The van der Waals surface area contributed by atoms with Crippen LogP contribution in [0.4, 0.5) is 0 Å². The van der Waals surface area contributed by atoms with Gasteiger partial charge in [0.25, 0.3) is 5.56 Å². The number of aromatic nitrogens is 2. The lowest BCUT2D eigenvalue weighted by atomic mass is 10.1. The van der Waals surface area contributed by atoms with E-state index in [1.165, 1.54) is 0 Å².